The average molecular weight is 756 g/mol. The van der Waals surface area contributed by atoms with Crippen LogP contribution in [0.4, 0.5) is 0 Å². The summed E-state index contributed by atoms with van der Waals surface area (Å²) in [5.74, 6) is 1.04. The summed E-state index contributed by atoms with van der Waals surface area (Å²) in [4.78, 5) is 20.4. The molecule has 2 saturated carbocycles. The molecular formula is C39H50ClN3O8S. The highest BCUT2D eigenvalue weighted by atomic mass is 35.5. The van der Waals surface area contributed by atoms with Gasteiger partial charge in [0.2, 0.25) is 0 Å². The molecule has 13 heteroatoms. The standard InChI is InChI=1S/C39H50ClN3O8S/c40-32-9-8-28(52-19-3-16-43(23-25-11-17-50-18-12-25)38(49)37(48)36(47)35(46)33(45)24-44)20-26(32)21-42-39(13-14-39)31-22-41-15-10-29(31)30-4-1-2-5-34(30)51-27-6-7-27/h1-2,4-5,8-10,15,20,22,25,27,33,35-37,42,44-48H,3,6-7,11-14,16-19,21,23-24H2. The van der Waals surface area contributed by atoms with Crippen LogP contribution in [0.3, 0.4) is 0 Å². The summed E-state index contributed by atoms with van der Waals surface area (Å²) in [6.45, 7) is 1.66. The molecule has 1 amide bonds. The minimum absolute atomic E-state index is 0.178. The summed E-state index contributed by atoms with van der Waals surface area (Å²) in [5, 5.41) is 54.5. The van der Waals surface area contributed by atoms with E-state index in [1.54, 1.807) is 11.8 Å². The Morgan fingerprint density at radius 1 is 1.04 bits per heavy atom. The third kappa shape index (κ3) is 9.85. The number of aliphatic hydroxyl groups is 5. The number of aliphatic hydroxyl groups excluding tert-OH is 5. The van der Waals surface area contributed by atoms with Gasteiger partial charge in [-0.15, -0.1) is 11.8 Å². The Balaban J connectivity index is 1.07. The van der Waals surface area contributed by atoms with Crippen LogP contribution in [-0.4, -0.2) is 111 Å². The molecule has 4 atom stereocenters. The molecule has 2 aromatic carbocycles. The van der Waals surface area contributed by atoms with E-state index in [0.717, 1.165) is 71.4 Å². The molecule has 11 nitrogen and oxygen atoms in total. The minimum Gasteiger partial charge on any atom is -0.490 e. The van der Waals surface area contributed by atoms with Crippen molar-refractivity contribution in [2.75, 3.05) is 38.7 Å². The fraction of sp³-hybridized carbons (Fsp3) is 0.538. The zero-order valence-corrected chi connectivity index (χ0v) is 30.9. The predicted molar refractivity (Wildman–Crippen MR) is 199 cm³/mol. The lowest BCUT2D eigenvalue weighted by Gasteiger charge is -2.33. The van der Waals surface area contributed by atoms with Crippen molar-refractivity contribution in [1.82, 2.24) is 15.2 Å². The summed E-state index contributed by atoms with van der Waals surface area (Å²) in [7, 11) is 0. The number of amides is 1. The number of ether oxygens (including phenoxy) is 2. The van der Waals surface area contributed by atoms with Crippen LogP contribution in [0.5, 0.6) is 5.75 Å². The van der Waals surface area contributed by atoms with E-state index in [1.807, 2.05) is 42.7 Å². The van der Waals surface area contributed by atoms with Crippen molar-refractivity contribution in [2.45, 2.75) is 92.4 Å². The molecule has 6 N–H and O–H groups in total. The van der Waals surface area contributed by atoms with Crippen molar-refractivity contribution in [1.29, 1.82) is 0 Å². The second kappa shape index (κ2) is 18.0. The number of carbonyl (C=O) groups excluding carboxylic acids is 1. The van der Waals surface area contributed by atoms with Gasteiger partial charge in [-0.3, -0.25) is 9.78 Å². The van der Waals surface area contributed by atoms with Gasteiger partial charge in [-0.25, -0.2) is 0 Å². The van der Waals surface area contributed by atoms with Crippen molar-refractivity contribution in [3.05, 3.63) is 77.1 Å². The van der Waals surface area contributed by atoms with E-state index in [4.69, 9.17) is 26.2 Å². The number of thioether (sulfide) groups is 1. The second-order valence-electron chi connectivity index (χ2n) is 14.1. The number of hydrogen-bond acceptors (Lipinski definition) is 11. The summed E-state index contributed by atoms with van der Waals surface area (Å²) in [6, 6.07) is 16.3. The molecule has 2 heterocycles. The topological polar surface area (TPSA) is 165 Å². The van der Waals surface area contributed by atoms with E-state index in [9.17, 15) is 25.2 Å². The lowest BCUT2D eigenvalue weighted by Crippen LogP contribution is -2.53. The quantitative estimate of drug-likeness (QED) is 0.0777. The maximum atomic E-state index is 13.3. The van der Waals surface area contributed by atoms with Crippen LogP contribution in [0, 0.1) is 5.92 Å². The van der Waals surface area contributed by atoms with E-state index < -0.39 is 36.9 Å². The Bertz CT molecular complexity index is 1640. The molecule has 52 heavy (non-hydrogen) atoms. The molecule has 2 aliphatic carbocycles. The molecule has 0 spiro atoms. The van der Waals surface area contributed by atoms with Gasteiger partial charge in [0.15, 0.2) is 6.10 Å². The lowest BCUT2D eigenvalue weighted by atomic mass is 9.94. The van der Waals surface area contributed by atoms with E-state index in [2.05, 4.69) is 28.5 Å². The molecule has 1 saturated heterocycles. The van der Waals surface area contributed by atoms with Gasteiger partial charge >= 0.3 is 0 Å². The second-order valence-corrected chi connectivity index (χ2v) is 15.7. The Morgan fingerprint density at radius 3 is 2.54 bits per heavy atom. The van der Waals surface area contributed by atoms with Gasteiger partial charge in [-0.1, -0.05) is 29.8 Å². The number of pyridine rings is 1. The molecule has 3 aromatic rings. The van der Waals surface area contributed by atoms with Crippen LogP contribution >= 0.6 is 23.4 Å². The van der Waals surface area contributed by atoms with Gasteiger partial charge < -0.3 is 45.2 Å². The first-order valence-corrected chi connectivity index (χ1v) is 19.6. The first-order chi connectivity index (χ1) is 25.2. The van der Waals surface area contributed by atoms with Crippen LogP contribution in [0.15, 0.2) is 65.8 Å². The highest BCUT2D eigenvalue weighted by Gasteiger charge is 2.46. The molecular weight excluding hydrogens is 706 g/mol. The fourth-order valence-electron chi connectivity index (χ4n) is 6.71. The number of halogens is 1. The van der Waals surface area contributed by atoms with Crippen molar-refractivity contribution < 1.29 is 39.8 Å². The SMILES string of the molecule is O=C(C(O)C(O)C(O)C(O)CO)N(CCCSc1ccc(Cl)c(CNC2(c3cnccc3-c3ccccc3OC3CC3)CC2)c1)CC1CCOCC1. The van der Waals surface area contributed by atoms with Gasteiger partial charge in [0, 0.05) is 66.3 Å². The Labute approximate surface area is 314 Å². The van der Waals surface area contributed by atoms with Gasteiger partial charge in [-0.2, -0.15) is 0 Å². The molecule has 0 radical (unpaired) electrons. The van der Waals surface area contributed by atoms with Crippen LogP contribution in [-0.2, 0) is 21.6 Å². The summed E-state index contributed by atoms with van der Waals surface area (Å²) in [5.41, 5.74) is 4.12. The van der Waals surface area contributed by atoms with E-state index >= 15 is 0 Å². The Morgan fingerprint density at radius 2 is 1.81 bits per heavy atom. The third-order valence-corrected chi connectivity index (χ3v) is 11.6. The first-order valence-electron chi connectivity index (χ1n) is 18.3. The number of carbonyl (C=O) groups is 1. The largest absolute Gasteiger partial charge is 0.490 e. The summed E-state index contributed by atoms with van der Waals surface area (Å²) < 4.78 is 11.7. The Hall–Kier alpha value is -2.78. The van der Waals surface area contributed by atoms with E-state index in [1.165, 1.54) is 4.90 Å². The van der Waals surface area contributed by atoms with Gasteiger partial charge in [-0.05, 0) is 104 Å². The maximum absolute atomic E-state index is 13.3. The fourth-order valence-corrected chi connectivity index (χ4v) is 7.79. The lowest BCUT2D eigenvalue weighted by molar-refractivity contribution is -0.159. The molecule has 1 aliphatic heterocycles. The van der Waals surface area contributed by atoms with Crippen LogP contribution in [0.2, 0.25) is 5.02 Å². The monoisotopic (exact) mass is 755 g/mol. The minimum atomic E-state index is -1.95. The summed E-state index contributed by atoms with van der Waals surface area (Å²) >= 11 is 8.35. The van der Waals surface area contributed by atoms with Gasteiger partial charge in [0.25, 0.3) is 5.91 Å². The number of rotatable bonds is 19. The number of nitrogens with one attached hydrogen (secondary N) is 1. The first kappa shape index (κ1) is 38.9. The van der Waals surface area contributed by atoms with Crippen LogP contribution in [0.1, 0.15) is 56.1 Å². The van der Waals surface area contributed by atoms with Crippen molar-refractivity contribution in [2.24, 2.45) is 5.92 Å². The third-order valence-electron chi connectivity index (χ3n) is 10.2. The molecule has 0 bridgehead atoms. The zero-order valence-electron chi connectivity index (χ0n) is 29.3. The van der Waals surface area contributed by atoms with Crippen LogP contribution in [0.25, 0.3) is 11.1 Å². The highest BCUT2D eigenvalue weighted by molar-refractivity contribution is 7.99. The number of aromatic nitrogens is 1. The molecule has 4 unspecified atom stereocenters. The maximum Gasteiger partial charge on any atom is 0.254 e. The van der Waals surface area contributed by atoms with Crippen molar-refractivity contribution in [3.8, 4) is 16.9 Å². The number of hydrogen-bond donors (Lipinski definition) is 6. The molecule has 6 rings (SSSR count). The number of para-hydroxylation sites is 1. The van der Waals surface area contributed by atoms with Crippen molar-refractivity contribution in [3.63, 3.8) is 0 Å². The number of nitrogens with zero attached hydrogens (tertiary/aromatic N) is 2. The molecule has 3 aliphatic rings. The van der Waals surface area contributed by atoms with Gasteiger partial charge in [0.05, 0.1) is 12.7 Å². The predicted octanol–water partition coefficient (Wildman–Crippen LogP) is 3.90. The Kier molecular flexibility index (Phi) is 13.5. The van der Waals surface area contributed by atoms with Crippen LogP contribution < -0.4 is 10.1 Å². The van der Waals surface area contributed by atoms with Gasteiger partial charge in [0.1, 0.15) is 24.1 Å². The normalized spacial score (nSPS) is 19.4. The molecule has 1 aromatic heterocycles. The average Bonchev–Trinajstić information content (AvgIpc) is 4.13. The smallest absolute Gasteiger partial charge is 0.254 e. The molecule has 3 fully saturated rings. The zero-order chi connectivity index (χ0) is 36.7. The summed E-state index contributed by atoms with van der Waals surface area (Å²) in [6.07, 6.45) is 2.96. The van der Waals surface area contributed by atoms with E-state index in [0.29, 0.717) is 56.1 Å². The van der Waals surface area contributed by atoms with E-state index in [-0.39, 0.29) is 11.5 Å². The number of benzene rings is 2. The molecule has 282 valence electrons. The van der Waals surface area contributed by atoms with Crippen molar-refractivity contribution >= 4 is 29.3 Å². The highest BCUT2D eigenvalue weighted by Crippen LogP contribution is 2.50.